The molecule has 1 aliphatic rings. The van der Waals surface area contributed by atoms with E-state index in [4.69, 9.17) is 4.74 Å². The molecule has 5 nitrogen and oxygen atoms in total. The summed E-state index contributed by atoms with van der Waals surface area (Å²) in [5.74, 6) is 0.915. The number of halogens is 1. The summed E-state index contributed by atoms with van der Waals surface area (Å²) in [6.45, 7) is 3.75. The fraction of sp³-hybridized carbons (Fsp3) is 0.556. The number of carbonyl (C=O) groups is 2. The number of nitrogens with zero attached hydrogens (tertiary/aromatic N) is 1. The van der Waals surface area contributed by atoms with Gasteiger partial charge in [-0.1, -0.05) is 12.1 Å². The summed E-state index contributed by atoms with van der Waals surface area (Å²) in [4.78, 5) is 25.6. The minimum Gasteiger partial charge on any atom is -0.494 e. The van der Waals surface area contributed by atoms with Crippen molar-refractivity contribution in [2.75, 3.05) is 26.7 Å². The first kappa shape index (κ1) is 20.5. The standard InChI is InChI=1S/C18H26N2O3.ClH/c1-14(21)15-6-3-8-17(12-15)23-11-5-9-18(22)20-10-4-7-16(20)13-19-2;/h3,6,8,12,16,19H,4-5,7,9-11,13H2,1-2H3;1H. The third-order valence-corrected chi connectivity index (χ3v) is 4.18. The van der Waals surface area contributed by atoms with Crippen LogP contribution in [0.1, 0.15) is 43.0 Å². The molecule has 1 saturated heterocycles. The second kappa shape index (κ2) is 10.3. The SMILES string of the molecule is CNCC1CCCN1C(=O)CCCOc1cccc(C(C)=O)c1.Cl. The zero-order valence-corrected chi connectivity index (χ0v) is 15.2. The molecule has 0 spiro atoms. The molecule has 0 aliphatic carbocycles. The van der Waals surface area contributed by atoms with Gasteiger partial charge in [-0.3, -0.25) is 9.59 Å². The van der Waals surface area contributed by atoms with Gasteiger partial charge in [0.25, 0.3) is 0 Å². The number of ether oxygens (including phenoxy) is 1. The van der Waals surface area contributed by atoms with Gasteiger partial charge in [0.05, 0.1) is 6.61 Å². The highest BCUT2D eigenvalue weighted by atomic mass is 35.5. The summed E-state index contributed by atoms with van der Waals surface area (Å²) in [5.41, 5.74) is 0.644. The van der Waals surface area contributed by atoms with Gasteiger partial charge in [0.1, 0.15) is 5.75 Å². The van der Waals surface area contributed by atoms with Gasteiger partial charge in [-0.25, -0.2) is 0 Å². The minimum atomic E-state index is 0. The normalized spacial score (nSPS) is 16.6. The summed E-state index contributed by atoms with van der Waals surface area (Å²) >= 11 is 0. The molecule has 1 unspecified atom stereocenters. The van der Waals surface area contributed by atoms with Gasteiger partial charge in [-0.15, -0.1) is 12.4 Å². The Morgan fingerprint density at radius 3 is 2.88 bits per heavy atom. The first-order valence-corrected chi connectivity index (χ1v) is 8.29. The third-order valence-electron chi connectivity index (χ3n) is 4.18. The molecule has 1 aliphatic heterocycles. The molecule has 1 aromatic carbocycles. The van der Waals surface area contributed by atoms with Crippen LogP contribution in [-0.2, 0) is 4.79 Å². The fourth-order valence-corrected chi connectivity index (χ4v) is 2.97. The van der Waals surface area contributed by atoms with Crippen molar-refractivity contribution >= 4 is 24.1 Å². The molecule has 2 rings (SSSR count). The lowest BCUT2D eigenvalue weighted by Crippen LogP contribution is -2.40. The fourth-order valence-electron chi connectivity index (χ4n) is 2.97. The minimum absolute atomic E-state index is 0. The number of hydrogen-bond donors (Lipinski definition) is 1. The maximum atomic E-state index is 12.3. The van der Waals surface area contributed by atoms with Gasteiger partial charge in [0.15, 0.2) is 5.78 Å². The number of likely N-dealkylation sites (tertiary alicyclic amines) is 1. The van der Waals surface area contributed by atoms with Crippen LogP contribution in [0.25, 0.3) is 0 Å². The number of amides is 1. The lowest BCUT2D eigenvalue weighted by molar-refractivity contribution is -0.132. The third kappa shape index (κ3) is 5.80. The van der Waals surface area contributed by atoms with Crippen LogP contribution in [0.3, 0.4) is 0 Å². The van der Waals surface area contributed by atoms with Crippen molar-refractivity contribution in [1.82, 2.24) is 10.2 Å². The molecule has 1 N–H and O–H groups in total. The summed E-state index contributed by atoms with van der Waals surface area (Å²) in [7, 11) is 1.92. The Morgan fingerprint density at radius 2 is 2.17 bits per heavy atom. The van der Waals surface area contributed by atoms with Crippen molar-refractivity contribution in [3.63, 3.8) is 0 Å². The Labute approximate surface area is 150 Å². The van der Waals surface area contributed by atoms with Crippen molar-refractivity contribution < 1.29 is 14.3 Å². The largest absolute Gasteiger partial charge is 0.494 e. The summed E-state index contributed by atoms with van der Waals surface area (Å²) < 4.78 is 5.65. The van der Waals surface area contributed by atoms with Crippen LogP contribution >= 0.6 is 12.4 Å². The smallest absolute Gasteiger partial charge is 0.222 e. The first-order chi connectivity index (χ1) is 11.1. The van der Waals surface area contributed by atoms with Gasteiger partial charge in [-0.2, -0.15) is 0 Å². The van der Waals surface area contributed by atoms with Crippen LogP contribution in [0.5, 0.6) is 5.75 Å². The van der Waals surface area contributed by atoms with E-state index in [9.17, 15) is 9.59 Å². The van der Waals surface area contributed by atoms with E-state index in [-0.39, 0.29) is 24.1 Å². The second-order valence-corrected chi connectivity index (χ2v) is 5.98. The Balaban J connectivity index is 0.00000288. The van der Waals surface area contributed by atoms with Gasteiger partial charge < -0.3 is 15.0 Å². The zero-order valence-electron chi connectivity index (χ0n) is 14.4. The maximum absolute atomic E-state index is 12.3. The molecular weight excluding hydrogens is 328 g/mol. The maximum Gasteiger partial charge on any atom is 0.222 e. The average molecular weight is 355 g/mol. The Kier molecular flexibility index (Phi) is 8.79. The number of ketones is 1. The van der Waals surface area contributed by atoms with Gasteiger partial charge in [0, 0.05) is 31.1 Å². The number of rotatable bonds is 8. The molecule has 0 saturated carbocycles. The average Bonchev–Trinajstić information content (AvgIpc) is 3.00. The number of hydrogen-bond acceptors (Lipinski definition) is 4. The highest BCUT2D eigenvalue weighted by molar-refractivity contribution is 5.94. The van der Waals surface area contributed by atoms with Crippen LogP contribution in [0.4, 0.5) is 0 Å². The molecule has 1 atom stereocenters. The van der Waals surface area contributed by atoms with Crippen LogP contribution in [0.2, 0.25) is 0 Å². The highest BCUT2D eigenvalue weighted by Crippen LogP contribution is 2.18. The molecule has 1 amide bonds. The second-order valence-electron chi connectivity index (χ2n) is 5.98. The number of likely N-dealkylation sites (N-methyl/N-ethyl adjacent to an activating group) is 1. The van der Waals surface area contributed by atoms with E-state index in [0.29, 0.717) is 36.8 Å². The van der Waals surface area contributed by atoms with Crippen LogP contribution in [0, 0.1) is 0 Å². The topological polar surface area (TPSA) is 58.6 Å². The van der Waals surface area contributed by atoms with Crippen LogP contribution in [-0.4, -0.2) is 49.4 Å². The Morgan fingerprint density at radius 1 is 1.38 bits per heavy atom. The lowest BCUT2D eigenvalue weighted by Gasteiger charge is -2.24. The van der Waals surface area contributed by atoms with E-state index in [1.807, 2.05) is 24.1 Å². The number of nitrogens with one attached hydrogen (secondary N) is 1. The van der Waals surface area contributed by atoms with E-state index in [1.165, 1.54) is 6.92 Å². The predicted octanol–water partition coefficient (Wildman–Crippen LogP) is 2.68. The Hall–Kier alpha value is -1.59. The van der Waals surface area contributed by atoms with Crippen molar-refractivity contribution in [2.24, 2.45) is 0 Å². The van der Waals surface area contributed by atoms with Crippen molar-refractivity contribution in [3.8, 4) is 5.75 Å². The van der Waals surface area contributed by atoms with E-state index in [0.717, 1.165) is 25.9 Å². The van der Waals surface area contributed by atoms with E-state index >= 15 is 0 Å². The quantitative estimate of drug-likeness (QED) is 0.576. The monoisotopic (exact) mass is 354 g/mol. The molecule has 24 heavy (non-hydrogen) atoms. The van der Waals surface area contributed by atoms with Gasteiger partial charge >= 0.3 is 0 Å². The number of carbonyl (C=O) groups excluding carboxylic acids is 2. The molecule has 0 bridgehead atoms. The molecule has 0 aromatic heterocycles. The van der Waals surface area contributed by atoms with Gasteiger partial charge in [-0.05, 0) is 45.4 Å². The molecular formula is C18H27ClN2O3. The van der Waals surface area contributed by atoms with Crippen LogP contribution < -0.4 is 10.1 Å². The zero-order chi connectivity index (χ0) is 16.7. The molecule has 134 valence electrons. The van der Waals surface area contributed by atoms with Crippen LogP contribution in [0.15, 0.2) is 24.3 Å². The molecule has 1 fully saturated rings. The van der Waals surface area contributed by atoms with Crippen molar-refractivity contribution in [2.45, 2.75) is 38.6 Å². The van der Waals surface area contributed by atoms with E-state index in [2.05, 4.69) is 5.32 Å². The number of benzene rings is 1. The molecule has 0 radical (unpaired) electrons. The van der Waals surface area contributed by atoms with E-state index in [1.54, 1.807) is 12.1 Å². The highest BCUT2D eigenvalue weighted by Gasteiger charge is 2.27. The van der Waals surface area contributed by atoms with Crippen molar-refractivity contribution in [3.05, 3.63) is 29.8 Å². The molecule has 1 heterocycles. The molecule has 6 heteroatoms. The summed E-state index contributed by atoms with van der Waals surface area (Å²) in [6, 6.07) is 7.49. The lowest BCUT2D eigenvalue weighted by atomic mass is 10.1. The first-order valence-electron chi connectivity index (χ1n) is 8.29. The van der Waals surface area contributed by atoms with Gasteiger partial charge in [0.2, 0.25) is 5.91 Å². The molecule has 1 aromatic rings. The number of Topliss-reactive ketones (excluding diaryl/α,β-unsaturated/α-hetero) is 1. The van der Waals surface area contributed by atoms with Crippen molar-refractivity contribution in [1.29, 1.82) is 0 Å². The summed E-state index contributed by atoms with van der Waals surface area (Å²) in [5, 5.41) is 3.15. The summed E-state index contributed by atoms with van der Waals surface area (Å²) in [6.07, 6.45) is 3.37. The predicted molar refractivity (Wildman–Crippen MR) is 97.1 cm³/mol. The van der Waals surface area contributed by atoms with E-state index < -0.39 is 0 Å². The Bertz CT molecular complexity index is 551.